The molecule has 2 aromatic carbocycles. The van der Waals surface area contributed by atoms with Crippen LogP contribution in [0, 0.1) is 11.6 Å². The second-order valence-electron chi connectivity index (χ2n) is 4.69. The molecule has 3 rings (SSSR count). The number of carbonyl (C=O) groups is 1. The lowest BCUT2D eigenvalue weighted by atomic mass is 10.0. The van der Waals surface area contributed by atoms with Gasteiger partial charge in [-0.1, -0.05) is 11.6 Å². The highest BCUT2D eigenvalue weighted by Gasteiger charge is 2.25. The Bertz CT molecular complexity index is 937. The van der Waals surface area contributed by atoms with Crippen molar-refractivity contribution in [1.82, 2.24) is 0 Å². The van der Waals surface area contributed by atoms with Gasteiger partial charge >= 0.3 is 5.97 Å². The van der Waals surface area contributed by atoms with Gasteiger partial charge in [-0.2, -0.15) is 0 Å². The van der Waals surface area contributed by atoms with Crippen LogP contribution >= 0.6 is 22.9 Å². The summed E-state index contributed by atoms with van der Waals surface area (Å²) in [7, 11) is 1.30. The monoisotopic (exact) mass is 354 g/mol. The molecule has 118 valence electrons. The standard InChI is InChI=1S/C16H9ClF2O3S/c1-22-10-5-4-9(17)13(14(10)19)12-8-3-2-7(18)6-11(8)23-15(12)16(20)21/h2-6H,1H3,(H,20,21). The Kier molecular flexibility index (Phi) is 3.95. The van der Waals surface area contributed by atoms with Crippen LogP contribution in [0.5, 0.6) is 5.75 Å². The van der Waals surface area contributed by atoms with Gasteiger partial charge in [-0.15, -0.1) is 11.3 Å². The Labute approximate surface area is 138 Å². The van der Waals surface area contributed by atoms with Gasteiger partial charge in [0.15, 0.2) is 11.6 Å². The molecule has 0 fully saturated rings. The van der Waals surface area contributed by atoms with Crippen molar-refractivity contribution in [2.45, 2.75) is 0 Å². The predicted molar refractivity (Wildman–Crippen MR) is 85.7 cm³/mol. The number of fused-ring (bicyclic) bond motifs is 1. The van der Waals surface area contributed by atoms with Crippen LogP contribution in [0.15, 0.2) is 30.3 Å². The van der Waals surface area contributed by atoms with Crippen LogP contribution in [-0.4, -0.2) is 18.2 Å². The minimum atomic E-state index is -1.24. The zero-order chi connectivity index (χ0) is 16.7. The SMILES string of the molecule is COc1ccc(Cl)c(-c2c(C(=O)O)sc3cc(F)ccc23)c1F. The lowest BCUT2D eigenvalue weighted by Crippen LogP contribution is -1.98. The van der Waals surface area contributed by atoms with Crippen molar-refractivity contribution in [3.05, 3.63) is 51.9 Å². The Hall–Kier alpha value is -2.18. The molecular weight excluding hydrogens is 346 g/mol. The van der Waals surface area contributed by atoms with Crippen molar-refractivity contribution in [3.8, 4) is 16.9 Å². The maximum atomic E-state index is 14.7. The molecule has 0 amide bonds. The minimum Gasteiger partial charge on any atom is -0.494 e. The summed E-state index contributed by atoms with van der Waals surface area (Å²) in [5, 5.41) is 9.90. The van der Waals surface area contributed by atoms with Crippen LogP contribution in [-0.2, 0) is 0 Å². The fourth-order valence-electron chi connectivity index (χ4n) is 2.39. The second-order valence-corrected chi connectivity index (χ2v) is 6.15. The highest BCUT2D eigenvalue weighted by Crippen LogP contribution is 2.44. The summed E-state index contributed by atoms with van der Waals surface area (Å²) >= 11 is 6.97. The average Bonchev–Trinajstić information content (AvgIpc) is 2.86. The summed E-state index contributed by atoms with van der Waals surface area (Å²) in [6.45, 7) is 0. The molecule has 23 heavy (non-hydrogen) atoms. The number of rotatable bonds is 3. The quantitative estimate of drug-likeness (QED) is 0.702. The van der Waals surface area contributed by atoms with Crippen LogP contribution in [0.4, 0.5) is 8.78 Å². The average molecular weight is 355 g/mol. The van der Waals surface area contributed by atoms with E-state index in [9.17, 15) is 18.7 Å². The summed E-state index contributed by atoms with van der Waals surface area (Å²) < 4.78 is 33.4. The number of carboxylic acid groups (broad SMARTS) is 1. The van der Waals surface area contributed by atoms with Gasteiger partial charge in [-0.3, -0.25) is 0 Å². The number of hydrogen-bond acceptors (Lipinski definition) is 3. The van der Waals surface area contributed by atoms with Gasteiger partial charge in [0.05, 0.1) is 12.1 Å². The van der Waals surface area contributed by atoms with Crippen molar-refractivity contribution in [2.75, 3.05) is 7.11 Å². The molecule has 1 aromatic heterocycles. The van der Waals surface area contributed by atoms with Crippen molar-refractivity contribution in [2.24, 2.45) is 0 Å². The third-order valence-corrected chi connectivity index (χ3v) is 4.83. The molecule has 1 heterocycles. The summed E-state index contributed by atoms with van der Waals surface area (Å²) in [5.41, 5.74) is 0.0557. The van der Waals surface area contributed by atoms with E-state index in [1.807, 2.05) is 0 Å². The van der Waals surface area contributed by atoms with Crippen LogP contribution in [0.2, 0.25) is 5.02 Å². The molecule has 1 N–H and O–H groups in total. The molecule has 3 aromatic rings. The maximum absolute atomic E-state index is 14.7. The van der Waals surface area contributed by atoms with Crippen LogP contribution in [0.3, 0.4) is 0 Å². The Morgan fingerprint density at radius 2 is 1.96 bits per heavy atom. The van der Waals surface area contributed by atoms with E-state index in [0.717, 1.165) is 11.3 Å². The first-order valence-electron chi connectivity index (χ1n) is 6.41. The third kappa shape index (κ3) is 2.54. The fourth-order valence-corrected chi connectivity index (χ4v) is 3.70. The largest absolute Gasteiger partial charge is 0.494 e. The molecule has 0 unspecified atom stereocenters. The van der Waals surface area contributed by atoms with Crippen LogP contribution in [0.25, 0.3) is 21.2 Å². The lowest BCUT2D eigenvalue weighted by Gasteiger charge is -2.10. The molecule has 3 nitrogen and oxygen atoms in total. The maximum Gasteiger partial charge on any atom is 0.346 e. The van der Waals surface area contributed by atoms with Crippen molar-refractivity contribution in [3.63, 3.8) is 0 Å². The highest BCUT2D eigenvalue weighted by atomic mass is 35.5. The first-order valence-corrected chi connectivity index (χ1v) is 7.61. The van der Waals surface area contributed by atoms with E-state index in [-0.39, 0.29) is 26.8 Å². The molecule has 0 aliphatic rings. The molecule has 7 heteroatoms. The zero-order valence-electron chi connectivity index (χ0n) is 11.7. The smallest absolute Gasteiger partial charge is 0.346 e. The van der Waals surface area contributed by atoms with E-state index in [1.165, 1.54) is 37.4 Å². The van der Waals surface area contributed by atoms with Gasteiger partial charge in [0, 0.05) is 21.2 Å². The van der Waals surface area contributed by atoms with Crippen molar-refractivity contribution >= 4 is 39.0 Å². The summed E-state index contributed by atoms with van der Waals surface area (Å²) in [4.78, 5) is 11.4. The van der Waals surface area contributed by atoms with Crippen molar-refractivity contribution < 1.29 is 23.4 Å². The Morgan fingerprint density at radius 3 is 2.61 bits per heavy atom. The summed E-state index contributed by atoms with van der Waals surface area (Å²) in [6.07, 6.45) is 0. The molecule has 0 bridgehead atoms. The first kappa shape index (κ1) is 15.7. The summed E-state index contributed by atoms with van der Waals surface area (Å²) in [6, 6.07) is 6.60. The number of benzene rings is 2. The second kappa shape index (κ2) is 5.79. The van der Waals surface area contributed by atoms with Crippen LogP contribution < -0.4 is 4.74 Å². The van der Waals surface area contributed by atoms with Gasteiger partial charge in [0.25, 0.3) is 0 Å². The molecule has 0 saturated carbocycles. The van der Waals surface area contributed by atoms with E-state index in [2.05, 4.69) is 0 Å². The van der Waals surface area contributed by atoms with E-state index in [4.69, 9.17) is 16.3 Å². The highest BCUT2D eigenvalue weighted by molar-refractivity contribution is 7.21. The van der Waals surface area contributed by atoms with Gasteiger partial charge < -0.3 is 9.84 Å². The Balaban J connectivity index is 2.45. The molecule has 0 aliphatic heterocycles. The number of carboxylic acids is 1. The predicted octanol–water partition coefficient (Wildman–Crippen LogP) is 5.21. The van der Waals surface area contributed by atoms with Gasteiger partial charge in [0.1, 0.15) is 10.7 Å². The van der Waals surface area contributed by atoms with Gasteiger partial charge in [-0.05, 0) is 30.3 Å². The number of aromatic carboxylic acids is 1. The number of thiophene rings is 1. The molecule has 0 aliphatic carbocycles. The molecule has 0 saturated heterocycles. The first-order chi connectivity index (χ1) is 10.9. The van der Waals surface area contributed by atoms with E-state index in [0.29, 0.717) is 10.1 Å². The lowest BCUT2D eigenvalue weighted by molar-refractivity contribution is 0.0703. The van der Waals surface area contributed by atoms with Crippen LogP contribution in [0.1, 0.15) is 9.67 Å². The topological polar surface area (TPSA) is 46.5 Å². The number of halogens is 3. The zero-order valence-corrected chi connectivity index (χ0v) is 13.3. The van der Waals surface area contributed by atoms with Gasteiger partial charge in [0.2, 0.25) is 0 Å². The van der Waals surface area contributed by atoms with E-state index >= 15 is 0 Å². The number of ether oxygens (including phenoxy) is 1. The van der Waals surface area contributed by atoms with Gasteiger partial charge in [-0.25, -0.2) is 13.6 Å². The molecule has 0 radical (unpaired) electrons. The number of hydrogen-bond donors (Lipinski definition) is 1. The summed E-state index contributed by atoms with van der Waals surface area (Å²) in [5.74, 6) is -2.55. The normalized spacial score (nSPS) is 11.0. The van der Waals surface area contributed by atoms with Crippen molar-refractivity contribution in [1.29, 1.82) is 0 Å². The minimum absolute atomic E-state index is 0.0508. The van der Waals surface area contributed by atoms with E-state index in [1.54, 1.807) is 0 Å². The fraction of sp³-hybridized carbons (Fsp3) is 0.0625. The molecule has 0 atom stereocenters. The third-order valence-electron chi connectivity index (χ3n) is 3.37. The molecular formula is C16H9ClF2O3S. The number of methoxy groups -OCH3 is 1. The molecule has 0 spiro atoms. The Morgan fingerprint density at radius 1 is 1.22 bits per heavy atom. The van der Waals surface area contributed by atoms with E-state index < -0.39 is 17.6 Å².